The quantitative estimate of drug-likeness (QED) is 0.515. The van der Waals surface area contributed by atoms with Gasteiger partial charge in [0.1, 0.15) is 12.2 Å². The van der Waals surface area contributed by atoms with Crippen LogP contribution in [0.25, 0.3) is 0 Å². The SMILES string of the molecule is Br.CCCCCN1CC(O)C(O)C(O)C1CO. The van der Waals surface area contributed by atoms with Gasteiger partial charge in [0.15, 0.2) is 0 Å². The summed E-state index contributed by atoms with van der Waals surface area (Å²) in [5, 5.41) is 38.0. The third-order valence-electron chi connectivity index (χ3n) is 3.26. The predicted molar refractivity (Wildman–Crippen MR) is 70.3 cm³/mol. The van der Waals surface area contributed by atoms with Crippen molar-refractivity contribution in [3.8, 4) is 0 Å². The maximum absolute atomic E-state index is 9.72. The van der Waals surface area contributed by atoms with Crippen molar-refractivity contribution in [2.75, 3.05) is 19.7 Å². The summed E-state index contributed by atoms with van der Waals surface area (Å²) in [6, 6.07) is -0.463. The molecule has 0 spiro atoms. The van der Waals surface area contributed by atoms with E-state index in [1.807, 2.05) is 4.90 Å². The molecule has 0 amide bonds. The highest BCUT2D eigenvalue weighted by Gasteiger charge is 2.40. The highest BCUT2D eigenvalue weighted by Crippen LogP contribution is 2.19. The number of unbranched alkanes of at least 4 members (excludes halogenated alkanes) is 2. The van der Waals surface area contributed by atoms with Gasteiger partial charge in [-0.15, -0.1) is 17.0 Å². The smallest absolute Gasteiger partial charge is 0.109 e. The van der Waals surface area contributed by atoms with Crippen LogP contribution in [0, 0.1) is 0 Å². The van der Waals surface area contributed by atoms with Gasteiger partial charge in [0.2, 0.25) is 0 Å². The summed E-state index contributed by atoms with van der Waals surface area (Å²) in [6.45, 7) is 2.96. The number of hydrogen-bond donors (Lipinski definition) is 4. The molecule has 104 valence electrons. The fourth-order valence-corrected chi connectivity index (χ4v) is 2.20. The highest BCUT2D eigenvalue weighted by atomic mass is 79.9. The lowest BCUT2D eigenvalue weighted by Crippen LogP contribution is -2.62. The summed E-state index contributed by atoms with van der Waals surface area (Å²) in [6.07, 6.45) is 0.00600. The third-order valence-corrected chi connectivity index (χ3v) is 3.26. The van der Waals surface area contributed by atoms with E-state index >= 15 is 0 Å². The zero-order valence-corrected chi connectivity index (χ0v) is 11.9. The number of aliphatic hydroxyl groups is 4. The molecule has 4 N–H and O–H groups in total. The lowest BCUT2D eigenvalue weighted by Gasteiger charge is -2.43. The maximum Gasteiger partial charge on any atom is 0.109 e. The Bertz CT molecular complexity index is 208. The zero-order chi connectivity index (χ0) is 12.1. The van der Waals surface area contributed by atoms with Crippen LogP contribution in [0.5, 0.6) is 0 Å². The molecule has 0 aliphatic carbocycles. The van der Waals surface area contributed by atoms with Crippen LogP contribution in [-0.2, 0) is 0 Å². The van der Waals surface area contributed by atoms with Gasteiger partial charge in [-0.05, 0) is 13.0 Å². The first-order chi connectivity index (χ1) is 7.61. The number of likely N-dealkylation sites (tertiary alicyclic amines) is 1. The van der Waals surface area contributed by atoms with Crippen LogP contribution in [0.4, 0.5) is 0 Å². The van der Waals surface area contributed by atoms with Gasteiger partial charge in [0.25, 0.3) is 0 Å². The van der Waals surface area contributed by atoms with Crippen LogP contribution in [0.2, 0.25) is 0 Å². The van der Waals surface area contributed by atoms with Gasteiger partial charge in [-0.3, -0.25) is 4.90 Å². The largest absolute Gasteiger partial charge is 0.395 e. The molecule has 4 unspecified atom stereocenters. The molecule has 1 saturated heterocycles. The van der Waals surface area contributed by atoms with Gasteiger partial charge >= 0.3 is 0 Å². The molecule has 1 aliphatic rings. The van der Waals surface area contributed by atoms with Crippen LogP contribution < -0.4 is 0 Å². The summed E-state index contributed by atoms with van der Waals surface area (Å²) in [5.74, 6) is 0. The molecule has 1 aliphatic heterocycles. The number of aliphatic hydroxyl groups excluding tert-OH is 4. The van der Waals surface area contributed by atoms with E-state index in [1.165, 1.54) is 0 Å². The number of nitrogens with zero attached hydrogens (tertiary/aromatic N) is 1. The average molecular weight is 314 g/mol. The molecule has 1 fully saturated rings. The molecule has 0 saturated carbocycles. The molecular weight excluding hydrogens is 290 g/mol. The van der Waals surface area contributed by atoms with Gasteiger partial charge in [0.05, 0.1) is 18.8 Å². The molecule has 4 atom stereocenters. The van der Waals surface area contributed by atoms with Gasteiger partial charge in [-0.25, -0.2) is 0 Å². The topological polar surface area (TPSA) is 84.2 Å². The minimum Gasteiger partial charge on any atom is -0.395 e. The second-order valence-electron chi connectivity index (χ2n) is 4.50. The number of hydrogen-bond acceptors (Lipinski definition) is 5. The molecule has 0 bridgehead atoms. The van der Waals surface area contributed by atoms with Crippen molar-refractivity contribution in [1.29, 1.82) is 0 Å². The predicted octanol–water partition coefficient (Wildman–Crippen LogP) is -0.486. The Balaban J connectivity index is 0.00000256. The Labute approximate surface area is 113 Å². The van der Waals surface area contributed by atoms with Gasteiger partial charge < -0.3 is 20.4 Å². The van der Waals surface area contributed by atoms with E-state index in [9.17, 15) is 20.4 Å². The first-order valence-electron chi connectivity index (χ1n) is 6.01. The summed E-state index contributed by atoms with van der Waals surface area (Å²) in [4.78, 5) is 1.86. The Morgan fingerprint density at radius 3 is 2.29 bits per heavy atom. The van der Waals surface area contributed by atoms with Gasteiger partial charge in [-0.1, -0.05) is 19.8 Å². The number of rotatable bonds is 5. The fraction of sp³-hybridized carbons (Fsp3) is 1.00. The Hall–Kier alpha value is 0.280. The van der Waals surface area contributed by atoms with E-state index in [0.717, 1.165) is 25.8 Å². The van der Waals surface area contributed by atoms with E-state index in [1.54, 1.807) is 0 Å². The molecular formula is C11H24BrNO4. The molecule has 1 rings (SSSR count). The molecule has 6 heteroatoms. The molecule has 17 heavy (non-hydrogen) atoms. The molecule has 0 aromatic rings. The van der Waals surface area contributed by atoms with E-state index < -0.39 is 24.4 Å². The van der Waals surface area contributed by atoms with E-state index in [-0.39, 0.29) is 23.6 Å². The van der Waals surface area contributed by atoms with Crippen molar-refractivity contribution in [1.82, 2.24) is 4.90 Å². The lowest BCUT2D eigenvalue weighted by molar-refractivity contribution is -0.145. The van der Waals surface area contributed by atoms with Crippen molar-refractivity contribution >= 4 is 17.0 Å². The first-order valence-corrected chi connectivity index (χ1v) is 6.01. The minimum atomic E-state index is -1.15. The fourth-order valence-electron chi connectivity index (χ4n) is 2.20. The van der Waals surface area contributed by atoms with Crippen LogP contribution in [-0.4, -0.2) is 69.4 Å². The summed E-state index contributed by atoms with van der Waals surface area (Å²) in [5.41, 5.74) is 0. The number of piperidine rings is 1. The van der Waals surface area contributed by atoms with Crippen molar-refractivity contribution in [2.45, 2.75) is 50.5 Å². The number of halogens is 1. The van der Waals surface area contributed by atoms with E-state index in [0.29, 0.717) is 6.54 Å². The highest BCUT2D eigenvalue weighted by molar-refractivity contribution is 8.93. The summed E-state index contributed by atoms with van der Waals surface area (Å²) < 4.78 is 0. The zero-order valence-electron chi connectivity index (χ0n) is 10.2. The van der Waals surface area contributed by atoms with Crippen LogP contribution in [0.1, 0.15) is 26.2 Å². The molecule has 0 aromatic carbocycles. The molecule has 1 heterocycles. The second kappa shape index (κ2) is 8.39. The normalized spacial score (nSPS) is 34.4. The lowest BCUT2D eigenvalue weighted by atomic mass is 9.94. The van der Waals surface area contributed by atoms with E-state index in [4.69, 9.17) is 0 Å². The number of β-amino-alcohol motifs (C(OH)–C–C–N with tert-alkyl or cyclic N) is 1. The monoisotopic (exact) mass is 313 g/mol. The Morgan fingerprint density at radius 1 is 1.12 bits per heavy atom. The van der Waals surface area contributed by atoms with Crippen molar-refractivity contribution in [3.05, 3.63) is 0 Å². The van der Waals surface area contributed by atoms with Crippen LogP contribution >= 0.6 is 17.0 Å². The van der Waals surface area contributed by atoms with Crippen LogP contribution in [0.15, 0.2) is 0 Å². The Morgan fingerprint density at radius 2 is 1.76 bits per heavy atom. The van der Waals surface area contributed by atoms with Gasteiger partial charge in [0, 0.05) is 6.54 Å². The second-order valence-corrected chi connectivity index (χ2v) is 4.50. The van der Waals surface area contributed by atoms with Crippen LogP contribution in [0.3, 0.4) is 0 Å². The summed E-state index contributed by atoms with van der Waals surface area (Å²) in [7, 11) is 0. The maximum atomic E-state index is 9.72. The average Bonchev–Trinajstić information content (AvgIpc) is 2.27. The summed E-state index contributed by atoms with van der Waals surface area (Å²) >= 11 is 0. The van der Waals surface area contributed by atoms with E-state index in [2.05, 4.69) is 6.92 Å². The Kier molecular flexibility index (Phi) is 8.53. The third kappa shape index (κ3) is 4.46. The first kappa shape index (κ1) is 17.3. The van der Waals surface area contributed by atoms with Crippen molar-refractivity contribution in [3.63, 3.8) is 0 Å². The minimum absolute atomic E-state index is 0. The van der Waals surface area contributed by atoms with Crippen molar-refractivity contribution in [2.24, 2.45) is 0 Å². The molecule has 5 nitrogen and oxygen atoms in total. The van der Waals surface area contributed by atoms with Gasteiger partial charge in [-0.2, -0.15) is 0 Å². The molecule has 0 radical (unpaired) electrons. The standard InChI is InChI=1S/C11H23NO4.BrH/c1-2-3-4-5-12-6-9(14)11(16)10(15)8(12)7-13;/h8-11,13-16H,2-7H2,1H3;1H. The molecule has 0 aromatic heterocycles. The van der Waals surface area contributed by atoms with Crippen molar-refractivity contribution < 1.29 is 20.4 Å².